The van der Waals surface area contributed by atoms with Crippen molar-refractivity contribution in [2.45, 2.75) is 25.6 Å². The minimum atomic E-state index is -4.60. The average Bonchev–Trinajstić information content (AvgIpc) is 2.93. The molecular weight excluding hydrogens is 327 g/mol. The van der Waals surface area contributed by atoms with E-state index in [0.717, 1.165) is 18.2 Å². The van der Waals surface area contributed by atoms with E-state index in [9.17, 15) is 22.8 Å². The number of hydrogen-bond donors (Lipinski definition) is 2. The van der Waals surface area contributed by atoms with Crippen LogP contribution in [0, 0.1) is 6.92 Å². The van der Waals surface area contributed by atoms with E-state index in [1.807, 2.05) is 0 Å². The number of amides is 2. The minimum absolute atomic E-state index is 0.102. The number of alkyl halides is 3. The van der Waals surface area contributed by atoms with Crippen LogP contribution in [0.25, 0.3) is 0 Å². The van der Waals surface area contributed by atoms with Crippen molar-refractivity contribution in [1.29, 1.82) is 0 Å². The first-order valence-corrected chi connectivity index (χ1v) is 6.77. The number of aromatic nitrogens is 1. The molecule has 0 fully saturated rings. The second-order valence-corrected chi connectivity index (χ2v) is 5.35. The zero-order valence-corrected chi connectivity index (χ0v) is 12.8. The second kappa shape index (κ2) is 5.99. The summed E-state index contributed by atoms with van der Waals surface area (Å²) < 4.78 is 43.4. The standard InChI is InChI=1S/C15H14F3N3O3/c1-8-6-11(24-21-8)12(22)20-14(2,13(19)23)9-4-3-5-10(7-9)15(16,17)18/h3-7H,1-2H3,(H2,19,23)(H,20,22). The molecule has 0 aliphatic carbocycles. The molecule has 0 radical (unpaired) electrons. The van der Waals surface area contributed by atoms with Crippen LogP contribution in [0.3, 0.4) is 0 Å². The normalized spacial score (nSPS) is 14.0. The maximum Gasteiger partial charge on any atom is 0.416 e. The lowest BCUT2D eigenvalue weighted by Crippen LogP contribution is -2.52. The summed E-state index contributed by atoms with van der Waals surface area (Å²) in [5.74, 6) is -2.03. The van der Waals surface area contributed by atoms with Gasteiger partial charge in [0.05, 0.1) is 11.3 Å². The number of carbonyl (C=O) groups is 2. The average molecular weight is 341 g/mol. The van der Waals surface area contributed by atoms with Gasteiger partial charge in [-0.15, -0.1) is 0 Å². The number of nitrogens with zero attached hydrogens (tertiary/aromatic N) is 1. The summed E-state index contributed by atoms with van der Waals surface area (Å²) in [5.41, 5.74) is 2.82. The van der Waals surface area contributed by atoms with E-state index in [1.165, 1.54) is 19.1 Å². The maximum atomic E-state index is 12.9. The van der Waals surface area contributed by atoms with Crippen LogP contribution >= 0.6 is 0 Å². The smallest absolute Gasteiger partial charge is 0.367 e. The van der Waals surface area contributed by atoms with E-state index in [1.54, 1.807) is 6.92 Å². The van der Waals surface area contributed by atoms with Crippen LogP contribution in [0.4, 0.5) is 13.2 Å². The minimum Gasteiger partial charge on any atom is -0.367 e. The summed E-state index contributed by atoms with van der Waals surface area (Å²) in [6.07, 6.45) is -4.60. The number of aryl methyl sites for hydroxylation is 1. The third-order valence-corrected chi connectivity index (χ3v) is 3.48. The third kappa shape index (κ3) is 3.39. The highest BCUT2D eigenvalue weighted by Crippen LogP contribution is 2.32. The maximum absolute atomic E-state index is 12.9. The van der Waals surface area contributed by atoms with Crippen LogP contribution in [-0.2, 0) is 16.5 Å². The van der Waals surface area contributed by atoms with E-state index >= 15 is 0 Å². The molecule has 2 amide bonds. The Morgan fingerprint density at radius 1 is 1.21 bits per heavy atom. The fraction of sp³-hybridized carbons (Fsp3) is 0.267. The van der Waals surface area contributed by atoms with E-state index in [0.29, 0.717) is 5.69 Å². The molecule has 24 heavy (non-hydrogen) atoms. The molecule has 0 saturated heterocycles. The van der Waals surface area contributed by atoms with Crippen LogP contribution < -0.4 is 11.1 Å². The molecule has 0 spiro atoms. The van der Waals surface area contributed by atoms with Gasteiger partial charge >= 0.3 is 6.18 Å². The molecule has 128 valence electrons. The van der Waals surface area contributed by atoms with E-state index < -0.39 is 29.1 Å². The van der Waals surface area contributed by atoms with Gasteiger partial charge in [0.25, 0.3) is 5.91 Å². The number of hydrogen-bond acceptors (Lipinski definition) is 4. The Balaban J connectivity index is 2.41. The Labute approximate surface area is 134 Å². The predicted molar refractivity (Wildman–Crippen MR) is 76.7 cm³/mol. The zero-order chi connectivity index (χ0) is 18.1. The van der Waals surface area contributed by atoms with Gasteiger partial charge in [0, 0.05) is 6.07 Å². The fourth-order valence-electron chi connectivity index (χ4n) is 2.04. The highest BCUT2D eigenvalue weighted by Gasteiger charge is 2.38. The summed E-state index contributed by atoms with van der Waals surface area (Å²) in [6, 6.07) is 5.34. The van der Waals surface area contributed by atoms with Crippen molar-refractivity contribution in [2.75, 3.05) is 0 Å². The molecule has 0 bridgehead atoms. The first-order chi connectivity index (χ1) is 11.0. The number of nitrogens with two attached hydrogens (primary N) is 1. The topological polar surface area (TPSA) is 98.2 Å². The molecule has 9 heteroatoms. The Hall–Kier alpha value is -2.84. The van der Waals surface area contributed by atoms with Gasteiger partial charge in [-0.2, -0.15) is 13.2 Å². The molecule has 2 rings (SSSR count). The van der Waals surface area contributed by atoms with Gasteiger partial charge < -0.3 is 15.6 Å². The first kappa shape index (κ1) is 17.5. The molecule has 0 saturated carbocycles. The molecule has 1 heterocycles. The van der Waals surface area contributed by atoms with Gasteiger partial charge in [-0.05, 0) is 31.5 Å². The Morgan fingerprint density at radius 3 is 2.33 bits per heavy atom. The van der Waals surface area contributed by atoms with E-state index in [4.69, 9.17) is 10.3 Å². The lowest BCUT2D eigenvalue weighted by molar-refractivity contribution is -0.137. The number of carbonyl (C=O) groups excluding carboxylic acids is 2. The highest BCUT2D eigenvalue weighted by molar-refractivity contribution is 5.97. The summed E-state index contributed by atoms with van der Waals surface area (Å²) in [5, 5.41) is 5.83. The Morgan fingerprint density at radius 2 is 1.83 bits per heavy atom. The summed E-state index contributed by atoms with van der Waals surface area (Å²) in [6.45, 7) is 2.80. The lowest BCUT2D eigenvalue weighted by Gasteiger charge is -2.28. The highest BCUT2D eigenvalue weighted by atomic mass is 19.4. The molecule has 1 atom stereocenters. The van der Waals surface area contributed by atoms with Gasteiger partial charge in [0.2, 0.25) is 11.7 Å². The van der Waals surface area contributed by atoms with E-state index in [2.05, 4.69) is 10.5 Å². The van der Waals surface area contributed by atoms with Crippen molar-refractivity contribution in [3.63, 3.8) is 0 Å². The monoisotopic (exact) mass is 341 g/mol. The molecule has 1 aromatic heterocycles. The molecule has 6 nitrogen and oxygen atoms in total. The van der Waals surface area contributed by atoms with Crippen LogP contribution in [-0.4, -0.2) is 17.0 Å². The molecule has 1 aromatic carbocycles. The number of halogens is 3. The zero-order valence-electron chi connectivity index (χ0n) is 12.8. The van der Waals surface area contributed by atoms with Crippen molar-refractivity contribution < 1.29 is 27.3 Å². The quantitative estimate of drug-likeness (QED) is 0.890. The van der Waals surface area contributed by atoms with Gasteiger partial charge in [-0.1, -0.05) is 17.3 Å². The third-order valence-electron chi connectivity index (χ3n) is 3.48. The molecule has 2 aromatic rings. The van der Waals surface area contributed by atoms with Crippen LogP contribution in [0.15, 0.2) is 34.9 Å². The van der Waals surface area contributed by atoms with Gasteiger partial charge in [0.1, 0.15) is 5.54 Å². The van der Waals surface area contributed by atoms with Gasteiger partial charge in [-0.3, -0.25) is 9.59 Å². The van der Waals surface area contributed by atoms with Crippen molar-refractivity contribution in [3.05, 3.63) is 52.9 Å². The molecule has 0 aliphatic rings. The Bertz CT molecular complexity index is 786. The second-order valence-electron chi connectivity index (χ2n) is 5.35. The lowest BCUT2D eigenvalue weighted by atomic mass is 9.89. The van der Waals surface area contributed by atoms with Crippen molar-refractivity contribution >= 4 is 11.8 Å². The van der Waals surface area contributed by atoms with E-state index in [-0.39, 0.29) is 11.3 Å². The van der Waals surface area contributed by atoms with Crippen LogP contribution in [0.2, 0.25) is 0 Å². The number of rotatable bonds is 4. The van der Waals surface area contributed by atoms with Gasteiger partial charge in [-0.25, -0.2) is 0 Å². The van der Waals surface area contributed by atoms with Crippen molar-refractivity contribution in [3.8, 4) is 0 Å². The predicted octanol–water partition coefficient (Wildman–Crippen LogP) is 2.13. The largest absolute Gasteiger partial charge is 0.416 e. The molecule has 1 unspecified atom stereocenters. The van der Waals surface area contributed by atoms with Gasteiger partial charge in [0.15, 0.2) is 0 Å². The van der Waals surface area contributed by atoms with Crippen LogP contribution in [0.5, 0.6) is 0 Å². The molecular formula is C15H14F3N3O3. The first-order valence-electron chi connectivity index (χ1n) is 6.77. The van der Waals surface area contributed by atoms with Crippen molar-refractivity contribution in [1.82, 2.24) is 10.5 Å². The number of nitrogens with one attached hydrogen (secondary N) is 1. The fourth-order valence-corrected chi connectivity index (χ4v) is 2.04. The SMILES string of the molecule is Cc1cc(C(=O)NC(C)(C(N)=O)c2cccc(C(F)(F)F)c2)on1. The molecule has 0 aliphatic heterocycles. The molecule has 3 N–H and O–H groups in total. The number of primary amides is 1. The summed E-state index contributed by atoms with van der Waals surface area (Å²) in [7, 11) is 0. The summed E-state index contributed by atoms with van der Waals surface area (Å²) in [4.78, 5) is 24.0. The summed E-state index contributed by atoms with van der Waals surface area (Å²) >= 11 is 0. The van der Waals surface area contributed by atoms with Crippen molar-refractivity contribution in [2.24, 2.45) is 5.73 Å². The Kier molecular flexibility index (Phi) is 4.37. The number of benzene rings is 1. The van der Waals surface area contributed by atoms with Crippen LogP contribution in [0.1, 0.15) is 34.3 Å².